The summed E-state index contributed by atoms with van der Waals surface area (Å²) in [6, 6.07) is 5.15. The summed E-state index contributed by atoms with van der Waals surface area (Å²) in [6.07, 6.45) is -0.526. The van der Waals surface area contributed by atoms with Crippen LogP contribution < -0.4 is 15.8 Å². The lowest BCUT2D eigenvalue weighted by Gasteiger charge is -2.45. The average molecular weight is 452 g/mol. The molecule has 0 unspecified atom stereocenters. The quantitative estimate of drug-likeness (QED) is 0.582. The van der Waals surface area contributed by atoms with Crippen LogP contribution in [0.1, 0.15) is 67.4 Å². The Balaban J connectivity index is 2.25. The molecule has 0 bridgehead atoms. The molecule has 0 saturated carbocycles. The van der Waals surface area contributed by atoms with Crippen molar-refractivity contribution in [3.05, 3.63) is 23.8 Å². The summed E-state index contributed by atoms with van der Waals surface area (Å²) in [5.41, 5.74) is 4.39. The molecular formula is C22H33N3O5S. The molecule has 0 saturated heterocycles. The first-order chi connectivity index (χ1) is 13.9. The topological polar surface area (TPSA) is 120 Å². The van der Waals surface area contributed by atoms with Gasteiger partial charge in [-0.2, -0.15) is 0 Å². The number of rotatable bonds is 0. The number of nitrogens with zero attached hydrogens (tertiary/aromatic N) is 1. The second kappa shape index (κ2) is 6.85. The van der Waals surface area contributed by atoms with Gasteiger partial charge in [-0.3, -0.25) is 10.3 Å². The van der Waals surface area contributed by atoms with E-state index in [4.69, 9.17) is 20.2 Å². The predicted molar refractivity (Wildman–Crippen MR) is 121 cm³/mol. The van der Waals surface area contributed by atoms with Crippen LogP contribution in [0.3, 0.4) is 0 Å². The third-order valence-corrected chi connectivity index (χ3v) is 8.85. The number of benzene rings is 1. The van der Waals surface area contributed by atoms with Gasteiger partial charge in [0.25, 0.3) is 0 Å². The number of carbonyl (C=O) groups excluding carboxylic acids is 1. The average Bonchev–Trinajstić information content (AvgIpc) is 2.65. The number of amides is 1. The first kappa shape index (κ1) is 23.4. The van der Waals surface area contributed by atoms with Gasteiger partial charge in [0.1, 0.15) is 33.1 Å². The number of hydrogen-bond donors (Lipinski definition) is 2. The number of sulfone groups is 1. The fourth-order valence-electron chi connectivity index (χ4n) is 4.17. The van der Waals surface area contributed by atoms with E-state index in [9.17, 15) is 13.2 Å². The number of ether oxygens (including phenoxy) is 2. The Morgan fingerprint density at radius 1 is 1.23 bits per heavy atom. The molecule has 2 atom stereocenters. The van der Waals surface area contributed by atoms with E-state index >= 15 is 0 Å². The fraction of sp³-hybridized carbons (Fsp3) is 0.636. The highest BCUT2D eigenvalue weighted by Crippen LogP contribution is 2.51. The van der Waals surface area contributed by atoms with E-state index in [1.54, 1.807) is 59.7 Å². The molecule has 1 aromatic carbocycles. The standard InChI is InChI=1S/C22H33N3O5S/c1-19(2,3)30-18(26)24-17-21(6,7)31(27,28)16-12-20(4,5)29-15-10-9-13(23)11-14(15)22(16,8)25-17/h9-11,16H,12,23H2,1-8H3,(H,24,25,26)/t16-,22-/m1/s1. The minimum atomic E-state index is -3.83. The van der Waals surface area contributed by atoms with E-state index in [-0.39, 0.29) is 12.3 Å². The molecule has 172 valence electrons. The summed E-state index contributed by atoms with van der Waals surface area (Å²) in [7, 11) is -3.83. The van der Waals surface area contributed by atoms with E-state index in [0.29, 0.717) is 17.0 Å². The first-order valence-corrected chi connectivity index (χ1v) is 11.9. The van der Waals surface area contributed by atoms with Gasteiger partial charge in [0, 0.05) is 17.7 Å². The summed E-state index contributed by atoms with van der Waals surface area (Å²) in [5.74, 6) is 0.563. The molecule has 1 amide bonds. The molecule has 2 aliphatic heterocycles. The second-order valence-electron chi connectivity index (χ2n) is 10.6. The fourth-order valence-corrected chi connectivity index (χ4v) is 6.65. The van der Waals surface area contributed by atoms with Gasteiger partial charge in [0.15, 0.2) is 9.84 Å². The highest BCUT2D eigenvalue weighted by Gasteiger charge is 2.60. The lowest BCUT2D eigenvalue weighted by atomic mass is 9.84. The molecule has 9 heteroatoms. The van der Waals surface area contributed by atoms with E-state index in [1.807, 2.05) is 13.8 Å². The molecule has 0 fully saturated rings. The Morgan fingerprint density at radius 2 is 1.84 bits per heavy atom. The summed E-state index contributed by atoms with van der Waals surface area (Å²) in [5, 5.41) is 1.73. The Bertz CT molecular complexity index is 1050. The number of aliphatic imine (C=N–C) groups is 1. The molecule has 2 heterocycles. The summed E-state index contributed by atoms with van der Waals surface area (Å²) < 4.78 is 38.0. The lowest BCUT2D eigenvalue weighted by Crippen LogP contribution is -2.62. The molecule has 8 nitrogen and oxygen atoms in total. The van der Waals surface area contributed by atoms with Crippen molar-refractivity contribution in [3.63, 3.8) is 0 Å². The number of alkyl carbamates (subject to hydrolysis) is 1. The molecule has 0 spiro atoms. The summed E-state index contributed by atoms with van der Waals surface area (Å²) in [6.45, 7) is 13.8. The van der Waals surface area contributed by atoms with Crippen molar-refractivity contribution in [1.29, 1.82) is 0 Å². The summed E-state index contributed by atoms with van der Waals surface area (Å²) in [4.78, 5) is 17.4. The third-order valence-electron chi connectivity index (χ3n) is 5.86. The van der Waals surface area contributed by atoms with Gasteiger partial charge >= 0.3 is 6.09 Å². The van der Waals surface area contributed by atoms with E-state index < -0.39 is 42.7 Å². The maximum absolute atomic E-state index is 13.9. The van der Waals surface area contributed by atoms with Crippen LogP contribution in [0, 0.1) is 0 Å². The zero-order valence-corrected chi connectivity index (χ0v) is 20.3. The Morgan fingerprint density at radius 3 is 2.42 bits per heavy atom. The Labute approximate surface area is 184 Å². The van der Waals surface area contributed by atoms with Gasteiger partial charge < -0.3 is 15.2 Å². The number of nitrogens with two attached hydrogens (primary N) is 1. The monoisotopic (exact) mass is 451 g/mol. The van der Waals surface area contributed by atoms with E-state index in [0.717, 1.165) is 0 Å². The van der Waals surface area contributed by atoms with Gasteiger partial charge in [-0.1, -0.05) is 0 Å². The van der Waals surface area contributed by atoms with Crippen molar-refractivity contribution in [2.45, 2.75) is 88.5 Å². The molecule has 2 aliphatic rings. The van der Waals surface area contributed by atoms with Crippen molar-refractivity contribution < 1.29 is 22.7 Å². The van der Waals surface area contributed by atoms with Crippen LogP contribution >= 0.6 is 0 Å². The zero-order chi connectivity index (χ0) is 23.6. The summed E-state index contributed by atoms with van der Waals surface area (Å²) >= 11 is 0. The van der Waals surface area contributed by atoms with Crippen LogP contribution in [-0.4, -0.2) is 41.5 Å². The van der Waals surface area contributed by atoms with Gasteiger partial charge in [0.2, 0.25) is 0 Å². The minimum absolute atomic E-state index is 0.0357. The highest BCUT2D eigenvalue weighted by molar-refractivity contribution is 7.94. The molecule has 3 rings (SSSR count). The van der Waals surface area contributed by atoms with Crippen LogP contribution in [0.5, 0.6) is 5.75 Å². The van der Waals surface area contributed by atoms with Crippen molar-refractivity contribution in [1.82, 2.24) is 5.32 Å². The SMILES string of the molecule is CC(C)(C)OC(=O)NC1=N[C@]2(C)c3cc(N)ccc3OC(C)(C)C[C@H]2S(=O)(=O)C1(C)C. The van der Waals surface area contributed by atoms with Gasteiger partial charge in [-0.25, -0.2) is 13.2 Å². The van der Waals surface area contributed by atoms with Crippen molar-refractivity contribution in [3.8, 4) is 5.75 Å². The molecule has 31 heavy (non-hydrogen) atoms. The van der Waals surface area contributed by atoms with Gasteiger partial charge in [0.05, 0.1) is 5.25 Å². The van der Waals surface area contributed by atoms with Gasteiger partial charge in [-0.15, -0.1) is 0 Å². The molecule has 1 aromatic rings. The predicted octanol–water partition coefficient (Wildman–Crippen LogP) is 3.54. The Kier molecular flexibility index (Phi) is 5.17. The van der Waals surface area contributed by atoms with E-state index in [2.05, 4.69) is 5.32 Å². The molecule has 0 aromatic heterocycles. The number of amidine groups is 1. The maximum Gasteiger partial charge on any atom is 0.413 e. The van der Waals surface area contributed by atoms with Crippen LogP contribution in [0.25, 0.3) is 0 Å². The normalized spacial score (nSPS) is 28.1. The molecule has 3 N–H and O–H groups in total. The van der Waals surface area contributed by atoms with Crippen molar-refractivity contribution in [2.75, 3.05) is 5.73 Å². The van der Waals surface area contributed by atoms with Crippen LogP contribution in [0.15, 0.2) is 23.2 Å². The Hall–Kier alpha value is -2.29. The van der Waals surface area contributed by atoms with Crippen LogP contribution in [0.2, 0.25) is 0 Å². The minimum Gasteiger partial charge on any atom is -0.487 e. The van der Waals surface area contributed by atoms with E-state index in [1.165, 1.54) is 0 Å². The lowest BCUT2D eigenvalue weighted by molar-refractivity contribution is 0.0560. The zero-order valence-electron chi connectivity index (χ0n) is 19.5. The number of nitrogens with one attached hydrogen (secondary N) is 1. The molecule has 0 radical (unpaired) electrons. The number of anilines is 1. The molecule has 0 aliphatic carbocycles. The number of hydrogen-bond acceptors (Lipinski definition) is 7. The van der Waals surface area contributed by atoms with Crippen molar-refractivity contribution in [2.24, 2.45) is 4.99 Å². The maximum atomic E-state index is 13.9. The second-order valence-corrected chi connectivity index (χ2v) is 13.3. The largest absolute Gasteiger partial charge is 0.487 e. The number of carbonyl (C=O) groups is 1. The van der Waals surface area contributed by atoms with Gasteiger partial charge in [-0.05, 0) is 73.6 Å². The molecular weight excluding hydrogens is 418 g/mol. The van der Waals surface area contributed by atoms with Crippen LogP contribution in [0.4, 0.5) is 10.5 Å². The van der Waals surface area contributed by atoms with Crippen molar-refractivity contribution >= 4 is 27.5 Å². The number of fused-ring (bicyclic) bond motifs is 3. The third kappa shape index (κ3) is 4.00. The highest BCUT2D eigenvalue weighted by atomic mass is 32.2. The smallest absolute Gasteiger partial charge is 0.413 e. The van der Waals surface area contributed by atoms with Crippen LogP contribution in [-0.2, 0) is 20.1 Å². The first-order valence-electron chi connectivity index (χ1n) is 10.3. The number of nitrogen functional groups attached to an aromatic ring is 1.